The number of ether oxygens (including phenoxy) is 1. The minimum Gasteiger partial charge on any atom is -0.435 e. The van der Waals surface area contributed by atoms with Crippen LogP contribution in [0.3, 0.4) is 0 Å². The van der Waals surface area contributed by atoms with Crippen LogP contribution in [0.2, 0.25) is 0 Å². The van der Waals surface area contributed by atoms with E-state index in [1.807, 2.05) is 0 Å². The highest BCUT2D eigenvalue weighted by molar-refractivity contribution is 5.91. The van der Waals surface area contributed by atoms with Gasteiger partial charge in [0.2, 0.25) is 5.95 Å². The maximum Gasteiger partial charge on any atom is 0.491 e. The Balaban J connectivity index is 1.90. The molecule has 37 heavy (non-hydrogen) atoms. The molecule has 2 atom stereocenters. The Kier molecular flexibility index (Phi) is 6.75. The van der Waals surface area contributed by atoms with Crippen molar-refractivity contribution in [3.63, 3.8) is 0 Å². The molecule has 198 valence electrons. The second kappa shape index (κ2) is 9.53. The summed E-state index contributed by atoms with van der Waals surface area (Å²) >= 11 is 0. The second-order valence-corrected chi connectivity index (χ2v) is 8.17. The van der Waals surface area contributed by atoms with Crippen molar-refractivity contribution in [3.8, 4) is 11.3 Å². The zero-order chi connectivity index (χ0) is 27.1. The molecule has 1 saturated heterocycles. The average molecular weight is 530 g/mol. The predicted octanol–water partition coefficient (Wildman–Crippen LogP) is 3.73. The number of fused-ring (bicyclic) bond motifs is 1. The number of piperidine rings is 1. The number of nitrogens with zero attached hydrogens (tertiary/aromatic N) is 4. The molecule has 1 aromatic carbocycles. The number of nitrogen functional groups attached to an aromatic ring is 1. The molecule has 2 unspecified atom stereocenters. The first kappa shape index (κ1) is 26.2. The number of benzene rings is 1. The van der Waals surface area contributed by atoms with Crippen molar-refractivity contribution in [2.45, 2.75) is 37.5 Å². The maximum atomic E-state index is 14.1. The fraction of sp³-hybridized carbons (Fsp3) is 0.364. The Morgan fingerprint density at radius 3 is 2.51 bits per heavy atom. The minimum absolute atomic E-state index is 0.0101. The highest BCUT2D eigenvalue weighted by Crippen LogP contribution is 2.44. The van der Waals surface area contributed by atoms with E-state index in [1.165, 1.54) is 18.2 Å². The van der Waals surface area contributed by atoms with Gasteiger partial charge in [-0.2, -0.15) is 36.3 Å². The van der Waals surface area contributed by atoms with E-state index in [0.717, 1.165) is 17.0 Å². The number of esters is 1. The number of halogens is 6. The van der Waals surface area contributed by atoms with Crippen molar-refractivity contribution < 1.29 is 41.0 Å². The lowest BCUT2D eigenvalue weighted by molar-refractivity contribution is -0.206. The van der Waals surface area contributed by atoms with Crippen LogP contribution in [0, 0.1) is 0 Å². The molecule has 4 N–H and O–H groups in total. The lowest BCUT2D eigenvalue weighted by atomic mass is 9.97. The van der Waals surface area contributed by atoms with Crippen LogP contribution >= 0.6 is 0 Å². The number of rotatable bonds is 4. The summed E-state index contributed by atoms with van der Waals surface area (Å²) in [6.07, 6.45) is -13.5. The maximum absolute atomic E-state index is 14.1. The van der Waals surface area contributed by atoms with E-state index in [4.69, 9.17) is 5.73 Å². The molecule has 0 saturated carbocycles. The van der Waals surface area contributed by atoms with E-state index in [1.54, 1.807) is 7.05 Å². The number of aromatic nitrogens is 3. The van der Waals surface area contributed by atoms with Crippen molar-refractivity contribution in [2.24, 2.45) is 0 Å². The molecule has 0 radical (unpaired) electrons. The molecule has 9 nitrogen and oxygen atoms in total. The first-order valence-corrected chi connectivity index (χ1v) is 10.8. The highest BCUT2D eigenvalue weighted by atomic mass is 19.4. The zero-order valence-electron chi connectivity index (χ0n) is 19.1. The molecule has 1 aliphatic heterocycles. The zero-order valence-corrected chi connectivity index (χ0v) is 19.1. The molecular weight excluding hydrogens is 510 g/mol. The van der Waals surface area contributed by atoms with Gasteiger partial charge in [-0.1, -0.05) is 6.07 Å². The van der Waals surface area contributed by atoms with Gasteiger partial charge in [0.15, 0.2) is 11.9 Å². The van der Waals surface area contributed by atoms with Crippen molar-refractivity contribution in [3.05, 3.63) is 35.9 Å². The number of nitrogens with two attached hydrogens (primary N) is 1. The Morgan fingerprint density at radius 2 is 1.86 bits per heavy atom. The fourth-order valence-electron chi connectivity index (χ4n) is 4.13. The van der Waals surface area contributed by atoms with Crippen LogP contribution in [0.25, 0.3) is 22.3 Å². The Hall–Kier alpha value is -3.88. The van der Waals surface area contributed by atoms with Gasteiger partial charge in [-0.25, -0.2) is 9.78 Å². The second-order valence-electron chi connectivity index (χ2n) is 8.17. The smallest absolute Gasteiger partial charge is 0.435 e. The number of carbonyl (C=O) groups excluding carboxylic acids is 1. The average Bonchev–Trinajstić information content (AvgIpc) is 2.81. The van der Waals surface area contributed by atoms with Crippen LogP contribution in [0.15, 0.2) is 30.3 Å². The summed E-state index contributed by atoms with van der Waals surface area (Å²) in [5.41, 5.74) is 3.68. The van der Waals surface area contributed by atoms with Gasteiger partial charge < -0.3 is 25.8 Å². The molecule has 0 bridgehead atoms. The van der Waals surface area contributed by atoms with Crippen LogP contribution < -0.4 is 16.0 Å². The SMILES string of the molecule is CNc1nc(N)nc2nc(-c3c(N4CCC(O)CC4OC(=O)C(F)(F)F)cccc3C(F)(F)F)ccc12. The Labute approximate surface area is 205 Å². The molecule has 1 fully saturated rings. The lowest BCUT2D eigenvalue weighted by Gasteiger charge is -2.39. The van der Waals surface area contributed by atoms with Crippen LogP contribution in [0.1, 0.15) is 18.4 Å². The fourth-order valence-corrected chi connectivity index (χ4v) is 4.13. The molecule has 1 aliphatic rings. The van der Waals surface area contributed by atoms with E-state index < -0.39 is 48.2 Å². The van der Waals surface area contributed by atoms with Crippen LogP contribution in [-0.4, -0.2) is 58.1 Å². The molecule has 3 aromatic rings. The molecule has 0 aliphatic carbocycles. The van der Waals surface area contributed by atoms with Crippen molar-refractivity contribution in [1.29, 1.82) is 0 Å². The topological polar surface area (TPSA) is 126 Å². The van der Waals surface area contributed by atoms with Gasteiger partial charge in [0, 0.05) is 31.3 Å². The lowest BCUT2D eigenvalue weighted by Crippen LogP contribution is -2.48. The molecule has 4 rings (SSSR count). The molecule has 15 heteroatoms. The number of hydrogen-bond donors (Lipinski definition) is 3. The van der Waals surface area contributed by atoms with Gasteiger partial charge in [-0.3, -0.25) is 0 Å². The normalized spacial score (nSPS) is 18.6. The van der Waals surface area contributed by atoms with Crippen molar-refractivity contribution >= 4 is 34.5 Å². The van der Waals surface area contributed by atoms with Crippen molar-refractivity contribution in [1.82, 2.24) is 15.0 Å². The molecule has 0 spiro atoms. The van der Waals surface area contributed by atoms with Gasteiger partial charge in [0.25, 0.3) is 0 Å². The molecule has 2 aromatic heterocycles. The van der Waals surface area contributed by atoms with Gasteiger partial charge in [-0.05, 0) is 30.7 Å². The van der Waals surface area contributed by atoms with Gasteiger partial charge in [-0.15, -0.1) is 0 Å². The third-order valence-corrected chi connectivity index (χ3v) is 5.73. The monoisotopic (exact) mass is 530 g/mol. The summed E-state index contributed by atoms with van der Waals surface area (Å²) < 4.78 is 85.7. The predicted molar refractivity (Wildman–Crippen MR) is 120 cm³/mol. The van der Waals surface area contributed by atoms with E-state index in [-0.39, 0.29) is 41.8 Å². The van der Waals surface area contributed by atoms with Crippen LogP contribution in [0.4, 0.5) is 43.8 Å². The highest BCUT2D eigenvalue weighted by Gasteiger charge is 2.45. The number of hydrogen-bond acceptors (Lipinski definition) is 9. The summed E-state index contributed by atoms with van der Waals surface area (Å²) in [4.78, 5) is 24.9. The summed E-state index contributed by atoms with van der Waals surface area (Å²) in [6, 6.07) is 5.84. The van der Waals surface area contributed by atoms with Crippen LogP contribution in [0.5, 0.6) is 0 Å². The number of aliphatic hydroxyl groups is 1. The number of pyridine rings is 1. The van der Waals surface area contributed by atoms with E-state index >= 15 is 0 Å². The first-order valence-electron chi connectivity index (χ1n) is 10.8. The summed E-state index contributed by atoms with van der Waals surface area (Å²) in [7, 11) is 1.55. The third-order valence-electron chi connectivity index (χ3n) is 5.73. The standard InChI is InChI=1S/C22H20F6N6O3/c1-30-17-11-5-6-13(31-18(11)33-20(29)32-17)16-12(21(23,24)25)3-2-4-14(16)34-8-7-10(35)9-15(34)37-19(36)22(26,27)28/h2-6,10,15,35H,7-9H2,1H3,(H3,29,30,31,32,33). The van der Waals surface area contributed by atoms with E-state index in [0.29, 0.717) is 5.39 Å². The first-order chi connectivity index (χ1) is 17.3. The molecule has 0 amide bonds. The van der Waals surface area contributed by atoms with E-state index in [2.05, 4.69) is 25.0 Å². The quantitative estimate of drug-likeness (QED) is 0.342. The number of alkyl halides is 6. The van der Waals surface area contributed by atoms with Gasteiger partial charge in [0.05, 0.1) is 22.7 Å². The number of carbonyl (C=O) groups is 1. The largest absolute Gasteiger partial charge is 0.491 e. The number of aliphatic hydroxyl groups excluding tert-OH is 1. The van der Waals surface area contributed by atoms with Gasteiger partial charge in [0.1, 0.15) is 5.82 Å². The Morgan fingerprint density at radius 1 is 1.14 bits per heavy atom. The van der Waals surface area contributed by atoms with Gasteiger partial charge >= 0.3 is 18.3 Å². The number of anilines is 3. The Bertz CT molecular complexity index is 1330. The molecule has 3 heterocycles. The summed E-state index contributed by atoms with van der Waals surface area (Å²) in [6.45, 7) is -0.197. The third kappa shape index (κ3) is 5.30. The minimum atomic E-state index is -5.34. The van der Waals surface area contributed by atoms with Crippen molar-refractivity contribution in [2.75, 3.05) is 29.5 Å². The molecular formula is C22H20F6N6O3. The summed E-state index contributed by atoms with van der Waals surface area (Å²) in [5, 5.41) is 13.2. The number of nitrogens with one attached hydrogen (secondary N) is 1. The van der Waals surface area contributed by atoms with Crippen LogP contribution in [-0.2, 0) is 15.7 Å². The van der Waals surface area contributed by atoms with E-state index in [9.17, 15) is 36.2 Å². The summed E-state index contributed by atoms with van der Waals surface area (Å²) in [5.74, 6) is -2.43.